The van der Waals surface area contributed by atoms with E-state index in [0.29, 0.717) is 10.8 Å². The monoisotopic (exact) mass is 308 g/mol. The number of aromatic nitrogens is 3. The molecule has 0 spiro atoms. The second-order valence-corrected chi connectivity index (χ2v) is 6.07. The maximum Gasteiger partial charge on any atom is 0.277 e. The summed E-state index contributed by atoms with van der Waals surface area (Å²) >= 11 is 1.45. The molecule has 4 aromatic rings. The summed E-state index contributed by atoms with van der Waals surface area (Å²) in [6.45, 7) is 2.00. The standard InChI is InChI=1S/C16H12N4OS/c1-10-6-7-14-17-12(9-20(14)8-10)15(21)19-16-18-11-4-2-3-5-13(11)22-16/h2-9H,1H3,(H,18,19,21). The minimum atomic E-state index is -0.250. The molecule has 108 valence electrons. The molecule has 1 N–H and O–H groups in total. The summed E-state index contributed by atoms with van der Waals surface area (Å²) < 4.78 is 2.89. The summed E-state index contributed by atoms with van der Waals surface area (Å²) in [5, 5.41) is 3.40. The molecule has 0 fully saturated rings. The second-order valence-electron chi connectivity index (χ2n) is 5.04. The number of hydrogen-bond acceptors (Lipinski definition) is 4. The third-order valence-corrected chi connectivity index (χ3v) is 4.30. The Morgan fingerprint density at radius 1 is 1.14 bits per heavy atom. The highest BCUT2D eigenvalue weighted by atomic mass is 32.1. The number of fused-ring (bicyclic) bond motifs is 2. The van der Waals surface area contributed by atoms with Gasteiger partial charge >= 0.3 is 0 Å². The van der Waals surface area contributed by atoms with Gasteiger partial charge in [-0.05, 0) is 30.7 Å². The Hall–Kier alpha value is -2.73. The highest BCUT2D eigenvalue weighted by Crippen LogP contribution is 2.25. The topological polar surface area (TPSA) is 59.3 Å². The average molecular weight is 308 g/mol. The van der Waals surface area contributed by atoms with Gasteiger partial charge in [0.15, 0.2) is 5.13 Å². The molecule has 3 aromatic heterocycles. The zero-order valence-electron chi connectivity index (χ0n) is 11.8. The highest BCUT2D eigenvalue weighted by Gasteiger charge is 2.13. The number of rotatable bonds is 2. The fourth-order valence-electron chi connectivity index (χ4n) is 2.30. The van der Waals surface area contributed by atoms with Crippen LogP contribution in [0.5, 0.6) is 0 Å². The van der Waals surface area contributed by atoms with Crippen LogP contribution in [0.2, 0.25) is 0 Å². The van der Waals surface area contributed by atoms with Gasteiger partial charge in [-0.1, -0.05) is 29.5 Å². The number of anilines is 1. The molecular weight excluding hydrogens is 296 g/mol. The van der Waals surface area contributed by atoms with E-state index in [1.807, 2.05) is 53.9 Å². The lowest BCUT2D eigenvalue weighted by Gasteiger charge is -1.96. The molecule has 22 heavy (non-hydrogen) atoms. The summed E-state index contributed by atoms with van der Waals surface area (Å²) in [5.74, 6) is -0.250. The summed E-state index contributed by atoms with van der Waals surface area (Å²) in [5.41, 5.74) is 3.13. The summed E-state index contributed by atoms with van der Waals surface area (Å²) in [7, 11) is 0. The lowest BCUT2D eigenvalue weighted by atomic mass is 10.3. The van der Waals surface area contributed by atoms with E-state index in [1.165, 1.54) is 11.3 Å². The molecule has 6 heteroatoms. The van der Waals surface area contributed by atoms with E-state index < -0.39 is 0 Å². The smallest absolute Gasteiger partial charge is 0.277 e. The maximum atomic E-state index is 12.3. The number of benzene rings is 1. The number of nitrogens with zero attached hydrogens (tertiary/aromatic N) is 3. The van der Waals surface area contributed by atoms with Crippen LogP contribution >= 0.6 is 11.3 Å². The third kappa shape index (κ3) is 2.23. The summed E-state index contributed by atoms with van der Waals surface area (Å²) in [4.78, 5) is 21.1. The van der Waals surface area contributed by atoms with Crippen LogP contribution in [0, 0.1) is 6.92 Å². The van der Waals surface area contributed by atoms with Crippen LogP contribution in [0.15, 0.2) is 48.8 Å². The van der Waals surface area contributed by atoms with Gasteiger partial charge in [0.25, 0.3) is 5.91 Å². The van der Waals surface area contributed by atoms with Crippen molar-refractivity contribution in [3.8, 4) is 0 Å². The first-order valence-electron chi connectivity index (χ1n) is 6.81. The van der Waals surface area contributed by atoms with Crippen molar-refractivity contribution in [1.82, 2.24) is 14.4 Å². The molecule has 0 aliphatic carbocycles. The van der Waals surface area contributed by atoms with Crippen molar-refractivity contribution in [3.63, 3.8) is 0 Å². The largest absolute Gasteiger partial charge is 0.306 e. The molecule has 3 heterocycles. The van der Waals surface area contributed by atoms with Gasteiger partial charge < -0.3 is 4.40 Å². The van der Waals surface area contributed by atoms with Crippen molar-refractivity contribution < 1.29 is 4.79 Å². The van der Waals surface area contributed by atoms with Crippen molar-refractivity contribution in [3.05, 3.63) is 60.0 Å². The van der Waals surface area contributed by atoms with Crippen LogP contribution in [-0.4, -0.2) is 20.3 Å². The SMILES string of the molecule is Cc1ccc2nc(C(=O)Nc3nc4ccccc4s3)cn2c1. The molecule has 0 aliphatic rings. The lowest BCUT2D eigenvalue weighted by molar-refractivity contribution is 0.102. The molecule has 0 saturated carbocycles. The number of para-hydroxylation sites is 1. The molecule has 0 atom stereocenters. The number of thiazole rings is 1. The van der Waals surface area contributed by atoms with Gasteiger partial charge in [0, 0.05) is 12.4 Å². The van der Waals surface area contributed by atoms with E-state index in [1.54, 1.807) is 6.20 Å². The molecule has 0 saturated heterocycles. The fraction of sp³-hybridized carbons (Fsp3) is 0.0625. The zero-order valence-corrected chi connectivity index (χ0v) is 12.6. The number of hydrogen-bond donors (Lipinski definition) is 1. The zero-order chi connectivity index (χ0) is 15.1. The fourth-order valence-corrected chi connectivity index (χ4v) is 3.16. The van der Waals surface area contributed by atoms with Crippen molar-refractivity contribution in [2.24, 2.45) is 0 Å². The van der Waals surface area contributed by atoms with Gasteiger partial charge in [0.05, 0.1) is 10.2 Å². The van der Waals surface area contributed by atoms with Crippen LogP contribution in [-0.2, 0) is 0 Å². The van der Waals surface area contributed by atoms with E-state index in [4.69, 9.17) is 0 Å². The normalized spacial score (nSPS) is 11.1. The van der Waals surface area contributed by atoms with Crippen molar-refractivity contribution in [2.45, 2.75) is 6.92 Å². The maximum absolute atomic E-state index is 12.3. The first-order valence-corrected chi connectivity index (χ1v) is 7.63. The molecule has 0 radical (unpaired) electrons. The van der Waals surface area contributed by atoms with E-state index >= 15 is 0 Å². The minimum absolute atomic E-state index is 0.250. The highest BCUT2D eigenvalue weighted by molar-refractivity contribution is 7.22. The Labute approximate surface area is 130 Å². The van der Waals surface area contributed by atoms with Crippen LogP contribution in [0.3, 0.4) is 0 Å². The van der Waals surface area contributed by atoms with Gasteiger partial charge in [0.1, 0.15) is 11.3 Å². The Kier molecular flexibility index (Phi) is 2.90. The van der Waals surface area contributed by atoms with Crippen LogP contribution in [0.4, 0.5) is 5.13 Å². The van der Waals surface area contributed by atoms with Gasteiger partial charge in [-0.3, -0.25) is 10.1 Å². The Morgan fingerprint density at radius 3 is 2.86 bits per heavy atom. The molecule has 0 aliphatic heterocycles. The van der Waals surface area contributed by atoms with Gasteiger partial charge in [-0.25, -0.2) is 9.97 Å². The van der Waals surface area contributed by atoms with E-state index in [9.17, 15) is 4.79 Å². The Balaban J connectivity index is 1.65. The summed E-state index contributed by atoms with van der Waals surface area (Å²) in [6.07, 6.45) is 3.67. The van der Waals surface area contributed by atoms with Crippen molar-refractivity contribution >= 4 is 38.2 Å². The Bertz CT molecular complexity index is 969. The quantitative estimate of drug-likeness (QED) is 0.616. The third-order valence-electron chi connectivity index (χ3n) is 3.35. The average Bonchev–Trinajstić information content (AvgIpc) is 3.09. The van der Waals surface area contributed by atoms with E-state index in [0.717, 1.165) is 21.4 Å². The predicted octanol–water partition coefficient (Wildman–Crippen LogP) is 3.50. The van der Waals surface area contributed by atoms with Gasteiger partial charge in [0.2, 0.25) is 0 Å². The molecule has 1 aromatic carbocycles. The molecule has 0 bridgehead atoms. The number of imidazole rings is 1. The van der Waals surface area contributed by atoms with Crippen molar-refractivity contribution in [1.29, 1.82) is 0 Å². The molecule has 4 rings (SSSR count). The van der Waals surface area contributed by atoms with Crippen molar-refractivity contribution in [2.75, 3.05) is 5.32 Å². The molecule has 1 amide bonds. The van der Waals surface area contributed by atoms with Crippen LogP contribution < -0.4 is 5.32 Å². The van der Waals surface area contributed by atoms with Crippen LogP contribution in [0.1, 0.15) is 16.1 Å². The predicted molar refractivity (Wildman–Crippen MR) is 87.5 cm³/mol. The van der Waals surface area contributed by atoms with Gasteiger partial charge in [-0.2, -0.15) is 0 Å². The van der Waals surface area contributed by atoms with Gasteiger partial charge in [-0.15, -0.1) is 0 Å². The number of carbonyl (C=O) groups is 1. The number of nitrogens with one attached hydrogen (secondary N) is 1. The first-order chi connectivity index (χ1) is 10.7. The molecular formula is C16H12N4OS. The van der Waals surface area contributed by atoms with Crippen LogP contribution in [0.25, 0.3) is 15.9 Å². The first kappa shape index (κ1) is 13.0. The number of amides is 1. The van der Waals surface area contributed by atoms with E-state index in [2.05, 4.69) is 15.3 Å². The Morgan fingerprint density at radius 2 is 2.00 bits per heavy atom. The molecule has 0 unspecified atom stereocenters. The minimum Gasteiger partial charge on any atom is -0.306 e. The lowest BCUT2D eigenvalue weighted by Crippen LogP contribution is -2.11. The number of carbonyl (C=O) groups excluding carboxylic acids is 1. The number of aryl methyl sites for hydroxylation is 1. The summed E-state index contributed by atoms with van der Waals surface area (Å²) in [6, 6.07) is 11.7. The number of pyridine rings is 1. The second kappa shape index (κ2) is 4.92. The van der Waals surface area contributed by atoms with E-state index in [-0.39, 0.29) is 5.91 Å². The molecule has 5 nitrogen and oxygen atoms in total.